The molecule has 1 atom stereocenters. The molecule has 0 aliphatic carbocycles. The van der Waals surface area contributed by atoms with Crippen LogP contribution in [0.15, 0.2) is 24.3 Å². The minimum absolute atomic E-state index is 0.243. The zero-order chi connectivity index (χ0) is 9.68. The number of aliphatic hydroxyl groups excluding tert-OH is 1. The van der Waals surface area contributed by atoms with Gasteiger partial charge in [-0.3, -0.25) is 0 Å². The average molecular weight is 179 g/mol. The first-order valence-corrected chi connectivity index (χ1v) is 4.74. The highest BCUT2D eigenvalue weighted by atomic mass is 16.3. The molecule has 0 bridgehead atoms. The van der Waals surface area contributed by atoms with E-state index in [9.17, 15) is 0 Å². The van der Waals surface area contributed by atoms with Crippen molar-refractivity contribution in [2.45, 2.75) is 25.7 Å². The van der Waals surface area contributed by atoms with Crippen LogP contribution in [0, 0.1) is 0 Å². The van der Waals surface area contributed by atoms with E-state index in [1.54, 1.807) is 0 Å². The van der Waals surface area contributed by atoms with Gasteiger partial charge in [0.2, 0.25) is 0 Å². The van der Waals surface area contributed by atoms with Gasteiger partial charge in [-0.25, -0.2) is 0 Å². The molecule has 0 saturated carbocycles. The lowest BCUT2D eigenvalue weighted by Gasteiger charge is -2.13. The molecule has 0 unspecified atom stereocenters. The molecule has 2 nitrogen and oxygen atoms in total. The van der Waals surface area contributed by atoms with Crippen molar-refractivity contribution >= 4 is 5.69 Å². The first-order chi connectivity index (χ1) is 6.27. The molecular weight excluding hydrogens is 162 g/mol. The minimum Gasteiger partial charge on any atom is -0.399 e. The Labute approximate surface area is 79.4 Å². The monoisotopic (exact) mass is 179 g/mol. The van der Waals surface area contributed by atoms with Gasteiger partial charge in [-0.05, 0) is 36.5 Å². The molecule has 1 aromatic carbocycles. The number of anilines is 1. The molecule has 0 aliphatic heterocycles. The second-order valence-electron chi connectivity index (χ2n) is 3.29. The minimum atomic E-state index is 0.243. The van der Waals surface area contributed by atoms with E-state index >= 15 is 0 Å². The molecule has 0 aliphatic rings. The first-order valence-electron chi connectivity index (χ1n) is 4.74. The Morgan fingerprint density at radius 1 is 1.46 bits per heavy atom. The molecule has 0 spiro atoms. The van der Waals surface area contributed by atoms with Crippen LogP contribution in [0.2, 0.25) is 0 Å². The van der Waals surface area contributed by atoms with Gasteiger partial charge < -0.3 is 10.8 Å². The van der Waals surface area contributed by atoms with Crippen molar-refractivity contribution in [1.29, 1.82) is 0 Å². The Balaban J connectivity index is 2.78. The van der Waals surface area contributed by atoms with Gasteiger partial charge in [0.05, 0.1) is 0 Å². The van der Waals surface area contributed by atoms with Crippen molar-refractivity contribution in [2.75, 3.05) is 12.3 Å². The summed E-state index contributed by atoms with van der Waals surface area (Å²) in [6.07, 6.45) is 1.87. The molecule has 0 amide bonds. The first kappa shape index (κ1) is 10.1. The maximum Gasteiger partial charge on any atom is 0.0436 e. The van der Waals surface area contributed by atoms with Crippen molar-refractivity contribution in [1.82, 2.24) is 0 Å². The van der Waals surface area contributed by atoms with Crippen molar-refractivity contribution in [3.05, 3.63) is 29.8 Å². The van der Waals surface area contributed by atoms with E-state index in [0.29, 0.717) is 5.92 Å². The summed E-state index contributed by atoms with van der Waals surface area (Å²) in [5.41, 5.74) is 7.72. The number of rotatable bonds is 4. The summed E-state index contributed by atoms with van der Waals surface area (Å²) in [5.74, 6) is 0.438. The SMILES string of the molecule is CC[C@H](CCO)c1cccc(N)c1. The Morgan fingerprint density at radius 3 is 2.77 bits per heavy atom. The molecular formula is C11H17NO. The third kappa shape index (κ3) is 2.74. The lowest BCUT2D eigenvalue weighted by atomic mass is 9.93. The van der Waals surface area contributed by atoms with Gasteiger partial charge in [0, 0.05) is 12.3 Å². The summed E-state index contributed by atoms with van der Waals surface area (Å²) in [7, 11) is 0. The molecule has 3 N–H and O–H groups in total. The molecule has 1 rings (SSSR count). The zero-order valence-corrected chi connectivity index (χ0v) is 8.03. The van der Waals surface area contributed by atoms with Gasteiger partial charge in [0.15, 0.2) is 0 Å². The fourth-order valence-corrected chi connectivity index (χ4v) is 1.58. The summed E-state index contributed by atoms with van der Waals surface area (Å²) in [6, 6.07) is 7.91. The lowest BCUT2D eigenvalue weighted by Crippen LogP contribution is -2.00. The molecule has 0 saturated heterocycles. The molecule has 72 valence electrons. The number of nitrogens with two attached hydrogens (primary N) is 1. The van der Waals surface area contributed by atoms with E-state index in [-0.39, 0.29) is 6.61 Å². The second-order valence-corrected chi connectivity index (χ2v) is 3.29. The van der Waals surface area contributed by atoms with Gasteiger partial charge in [0.25, 0.3) is 0 Å². The fraction of sp³-hybridized carbons (Fsp3) is 0.455. The quantitative estimate of drug-likeness (QED) is 0.696. The number of benzene rings is 1. The normalized spacial score (nSPS) is 12.8. The smallest absolute Gasteiger partial charge is 0.0436 e. The topological polar surface area (TPSA) is 46.2 Å². The van der Waals surface area contributed by atoms with Crippen molar-refractivity contribution in [3.63, 3.8) is 0 Å². The average Bonchev–Trinajstić information content (AvgIpc) is 2.14. The molecule has 0 fully saturated rings. The van der Waals surface area contributed by atoms with Crippen LogP contribution in [0.25, 0.3) is 0 Å². The van der Waals surface area contributed by atoms with Crippen LogP contribution in [0.1, 0.15) is 31.2 Å². The van der Waals surface area contributed by atoms with Crippen LogP contribution < -0.4 is 5.73 Å². The predicted molar refractivity (Wildman–Crippen MR) is 55.6 cm³/mol. The van der Waals surface area contributed by atoms with Gasteiger partial charge >= 0.3 is 0 Å². The maximum atomic E-state index is 8.87. The van der Waals surface area contributed by atoms with E-state index < -0.39 is 0 Å². The molecule has 0 heterocycles. The number of hydrogen-bond acceptors (Lipinski definition) is 2. The number of nitrogen functional groups attached to an aromatic ring is 1. The Hall–Kier alpha value is -1.02. The number of aliphatic hydroxyl groups is 1. The van der Waals surface area contributed by atoms with Gasteiger partial charge in [-0.1, -0.05) is 19.1 Å². The highest BCUT2D eigenvalue weighted by Gasteiger charge is 2.07. The van der Waals surface area contributed by atoms with Crippen LogP contribution >= 0.6 is 0 Å². The summed E-state index contributed by atoms with van der Waals surface area (Å²) >= 11 is 0. The van der Waals surface area contributed by atoms with Crippen LogP contribution in [0.3, 0.4) is 0 Å². The maximum absolute atomic E-state index is 8.87. The summed E-state index contributed by atoms with van der Waals surface area (Å²) in [6.45, 7) is 2.37. The van der Waals surface area contributed by atoms with Crippen LogP contribution in [0.5, 0.6) is 0 Å². The largest absolute Gasteiger partial charge is 0.399 e. The van der Waals surface area contributed by atoms with Crippen molar-refractivity contribution < 1.29 is 5.11 Å². The summed E-state index contributed by atoms with van der Waals surface area (Å²) in [4.78, 5) is 0. The van der Waals surface area contributed by atoms with Gasteiger partial charge in [-0.15, -0.1) is 0 Å². The Bertz CT molecular complexity index is 260. The fourth-order valence-electron chi connectivity index (χ4n) is 1.58. The standard InChI is InChI=1S/C11H17NO/c1-2-9(6-7-13)10-4-3-5-11(12)8-10/h3-5,8-9,13H,2,6-7,12H2,1H3/t9-/m1/s1. The highest BCUT2D eigenvalue weighted by molar-refractivity contribution is 5.41. The van der Waals surface area contributed by atoms with Gasteiger partial charge in [-0.2, -0.15) is 0 Å². The van der Waals surface area contributed by atoms with E-state index in [4.69, 9.17) is 10.8 Å². The van der Waals surface area contributed by atoms with Crippen molar-refractivity contribution in [2.24, 2.45) is 0 Å². The van der Waals surface area contributed by atoms with E-state index in [2.05, 4.69) is 13.0 Å². The van der Waals surface area contributed by atoms with Crippen LogP contribution in [-0.4, -0.2) is 11.7 Å². The summed E-state index contributed by atoms with van der Waals surface area (Å²) in [5, 5.41) is 8.87. The molecule has 13 heavy (non-hydrogen) atoms. The van der Waals surface area contributed by atoms with E-state index in [1.807, 2.05) is 18.2 Å². The van der Waals surface area contributed by atoms with Gasteiger partial charge in [0.1, 0.15) is 0 Å². The van der Waals surface area contributed by atoms with Crippen LogP contribution in [-0.2, 0) is 0 Å². The van der Waals surface area contributed by atoms with Crippen molar-refractivity contribution in [3.8, 4) is 0 Å². The molecule has 2 heteroatoms. The molecule has 1 aromatic rings. The number of hydrogen-bond donors (Lipinski definition) is 2. The highest BCUT2D eigenvalue weighted by Crippen LogP contribution is 2.24. The van der Waals surface area contributed by atoms with E-state index in [1.165, 1.54) is 5.56 Å². The molecule has 0 aromatic heterocycles. The zero-order valence-electron chi connectivity index (χ0n) is 8.03. The lowest BCUT2D eigenvalue weighted by molar-refractivity contribution is 0.274. The Morgan fingerprint density at radius 2 is 2.23 bits per heavy atom. The van der Waals surface area contributed by atoms with Crippen LogP contribution in [0.4, 0.5) is 5.69 Å². The molecule has 0 radical (unpaired) electrons. The summed E-state index contributed by atoms with van der Waals surface area (Å²) < 4.78 is 0. The second kappa shape index (κ2) is 4.87. The predicted octanol–water partition coefficient (Wildman–Crippen LogP) is 2.14. The Kier molecular flexibility index (Phi) is 3.77. The third-order valence-electron chi connectivity index (χ3n) is 2.35. The van der Waals surface area contributed by atoms with E-state index in [0.717, 1.165) is 18.5 Å². The third-order valence-corrected chi connectivity index (χ3v) is 2.35.